The third kappa shape index (κ3) is 6.28. The molecule has 4 rings (SSSR count). The molecule has 1 heterocycles. The van der Waals surface area contributed by atoms with Crippen LogP contribution < -0.4 is 29.0 Å². The number of benzene rings is 3. The molecule has 0 bridgehead atoms. The number of carbonyl (C=O) groups excluding carboxylic acids is 1. The van der Waals surface area contributed by atoms with Crippen molar-refractivity contribution in [3.8, 4) is 23.0 Å². The van der Waals surface area contributed by atoms with Crippen LogP contribution in [0.1, 0.15) is 12.5 Å². The second-order valence-corrected chi connectivity index (χ2v) is 9.50. The monoisotopic (exact) mass is 518 g/mol. The summed E-state index contributed by atoms with van der Waals surface area (Å²) in [5.41, 5.74) is 1.22. The van der Waals surface area contributed by atoms with Crippen LogP contribution in [0.4, 0.5) is 5.69 Å². The summed E-state index contributed by atoms with van der Waals surface area (Å²) in [7, 11) is -3.88. The Morgan fingerprint density at radius 2 is 1.77 bits per heavy atom. The first-order valence-corrected chi connectivity index (χ1v) is 12.5. The number of anilines is 1. The molecule has 1 amide bonds. The topological polar surface area (TPSA) is 112 Å². The van der Waals surface area contributed by atoms with Gasteiger partial charge in [-0.25, -0.2) is 8.42 Å². The molecule has 0 spiro atoms. The van der Waals surface area contributed by atoms with Gasteiger partial charge in [0.1, 0.15) is 11.5 Å². The average molecular weight is 519 g/mol. The van der Waals surface area contributed by atoms with Gasteiger partial charge in [-0.2, -0.15) is 0 Å². The fourth-order valence-corrected chi connectivity index (χ4v) is 4.60. The van der Waals surface area contributed by atoms with Gasteiger partial charge >= 0.3 is 0 Å². The summed E-state index contributed by atoms with van der Waals surface area (Å²) in [5.74, 6) is 1.75. The number of ether oxygens (including phenoxy) is 4. The number of carbonyl (C=O) groups is 1. The summed E-state index contributed by atoms with van der Waals surface area (Å²) < 4.78 is 49.3. The van der Waals surface area contributed by atoms with Gasteiger partial charge in [-0.05, 0) is 67.1 Å². The van der Waals surface area contributed by atoms with Crippen LogP contribution in [-0.2, 0) is 21.4 Å². The lowest BCUT2D eigenvalue weighted by Crippen LogP contribution is -2.28. The Bertz CT molecular complexity index is 1310. The maximum atomic E-state index is 12.7. The fraction of sp³-hybridized carbons (Fsp3) is 0.208. The third-order valence-electron chi connectivity index (χ3n) is 4.92. The van der Waals surface area contributed by atoms with Gasteiger partial charge in [0, 0.05) is 12.2 Å². The van der Waals surface area contributed by atoms with Gasteiger partial charge < -0.3 is 24.3 Å². The molecule has 0 aromatic heterocycles. The number of amides is 1. The van der Waals surface area contributed by atoms with Crippen molar-refractivity contribution in [2.75, 3.05) is 24.7 Å². The number of hydrogen-bond donors (Lipinski definition) is 2. The molecular formula is C24H23ClN2O7S. The van der Waals surface area contributed by atoms with Crippen LogP contribution in [-0.4, -0.2) is 34.3 Å². The normalized spacial score (nSPS) is 12.2. The Kier molecular flexibility index (Phi) is 7.52. The van der Waals surface area contributed by atoms with Crippen LogP contribution in [0, 0.1) is 0 Å². The lowest BCUT2D eigenvalue weighted by molar-refractivity contribution is -0.123. The molecule has 11 heteroatoms. The molecule has 1 aliphatic heterocycles. The smallest absolute Gasteiger partial charge is 0.261 e. The Morgan fingerprint density at radius 3 is 2.51 bits per heavy atom. The van der Waals surface area contributed by atoms with Crippen LogP contribution >= 0.6 is 11.6 Å². The van der Waals surface area contributed by atoms with E-state index in [4.69, 9.17) is 30.5 Å². The molecule has 0 aliphatic carbocycles. The molecule has 0 saturated heterocycles. The number of hydrogen-bond acceptors (Lipinski definition) is 7. The van der Waals surface area contributed by atoms with E-state index in [0.29, 0.717) is 29.5 Å². The van der Waals surface area contributed by atoms with Gasteiger partial charge in [0.05, 0.1) is 16.5 Å². The van der Waals surface area contributed by atoms with Crippen LogP contribution in [0.2, 0.25) is 5.02 Å². The van der Waals surface area contributed by atoms with Crippen molar-refractivity contribution in [3.63, 3.8) is 0 Å². The fourth-order valence-electron chi connectivity index (χ4n) is 3.21. The van der Waals surface area contributed by atoms with E-state index >= 15 is 0 Å². The highest BCUT2D eigenvalue weighted by molar-refractivity contribution is 7.92. The van der Waals surface area contributed by atoms with Gasteiger partial charge in [-0.3, -0.25) is 9.52 Å². The molecule has 1 aliphatic rings. The highest BCUT2D eigenvalue weighted by atomic mass is 35.5. The van der Waals surface area contributed by atoms with Gasteiger partial charge in [0.15, 0.2) is 18.1 Å². The minimum absolute atomic E-state index is 0.0454. The minimum Gasteiger partial charge on any atom is -0.494 e. The van der Waals surface area contributed by atoms with E-state index in [1.54, 1.807) is 36.4 Å². The molecule has 0 fully saturated rings. The van der Waals surface area contributed by atoms with Gasteiger partial charge in [-0.1, -0.05) is 17.7 Å². The van der Waals surface area contributed by atoms with Gasteiger partial charge in [0.25, 0.3) is 15.9 Å². The second kappa shape index (κ2) is 10.7. The molecule has 0 atom stereocenters. The first-order chi connectivity index (χ1) is 16.8. The molecule has 9 nitrogen and oxygen atoms in total. The van der Waals surface area contributed by atoms with E-state index in [1.807, 2.05) is 13.0 Å². The summed E-state index contributed by atoms with van der Waals surface area (Å²) in [6, 6.07) is 16.0. The Balaban J connectivity index is 1.31. The minimum atomic E-state index is -3.88. The first kappa shape index (κ1) is 24.5. The van der Waals surface area contributed by atoms with Crippen molar-refractivity contribution in [3.05, 3.63) is 71.2 Å². The number of rotatable bonds is 10. The number of halogens is 1. The van der Waals surface area contributed by atoms with Crippen molar-refractivity contribution in [1.82, 2.24) is 5.32 Å². The van der Waals surface area contributed by atoms with Crippen molar-refractivity contribution in [1.29, 1.82) is 0 Å². The van der Waals surface area contributed by atoms with Crippen LogP contribution in [0.15, 0.2) is 65.6 Å². The lowest BCUT2D eigenvalue weighted by Gasteiger charge is -2.12. The second-order valence-electron chi connectivity index (χ2n) is 7.41. The van der Waals surface area contributed by atoms with E-state index in [1.165, 1.54) is 18.2 Å². The first-order valence-electron chi connectivity index (χ1n) is 10.7. The summed E-state index contributed by atoms with van der Waals surface area (Å²) in [4.78, 5) is 12.1. The highest BCUT2D eigenvalue weighted by Crippen LogP contribution is 2.32. The molecule has 35 heavy (non-hydrogen) atoms. The van der Waals surface area contributed by atoms with Crippen molar-refractivity contribution < 1.29 is 32.2 Å². The number of sulfonamides is 1. The lowest BCUT2D eigenvalue weighted by atomic mass is 10.2. The molecular weight excluding hydrogens is 496 g/mol. The molecule has 184 valence electrons. The van der Waals surface area contributed by atoms with Crippen LogP contribution in [0.3, 0.4) is 0 Å². The largest absolute Gasteiger partial charge is 0.494 e. The van der Waals surface area contributed by atoms with Crippen molar-refractivity contribution in [2.45, 2.75) is 18.4 Å². The predicted molar refractivity (Wildman–Crippen MR) is 130 cm³/mol. The Labute approximate surface area is 208 Å². The number of fused-ring (bicyclic) bond motifs is 1. The third-order valence-corrected chi connectivity index (χ3v) is 6.59. The van der Waals surface area contributed by atoms with E-state index in [0.717, 1.165) is 5.56 Å². The van der Waals surface area contributed by atoms with Gasteiger partial charge in [0.2, 0.25) is 6.79 Å². The van der Waals surface area contributed by atoms with Crippen molar-refractivity contribution >= 4 is 33.2 Å². The molecule has 0 unspecified atom stereocenters. The summed E-state index contributed by atoms with van der Waals surface area (Å²) in [6.45, 7) is 2.54. The molecule has 2 N–H and O–H groups in total. The van der Waals surface area contributed by atoms with E-state index in [2.05, 4.69) is 10.0 Å². The maximum absolute atomic E-state index is 12.7. The zero-order valence-corrected chi connectivity index (χ0v) is 20.3. The van der Waals surface area contributed by atoms with E-state index < -0.39 is 10.0 Å². The van der Waals surface area contributed by atoms with E-state index in [-0.39, 0.29) is 41.5 Å². The molecule has 0 saturated carbocycles. The van der Waals surface area contributed by atoms with Crippen molar-refractivity contribution in [2.24, 2.45) is 0 Å². The summed E-state index contributed by atoms with van der Waals surface area (Å²) in [5, 5.41) is 2.79. The Hall–Kier alpha value is -3.63. The zero-order valence-electron chi connectivity index (χ0n) is 18.7. The predicted octanol–water partition coefficient (Wildman–Crippen LogP) is 3.96. The molecule has 3 aromatic rings. The molecule has 0 radical (unpaired) electrons. The average Bonchev–Trinajstić information content (AvgIpc) is 3.31. The van der Waals surface area contributed by atoms with Gasteiger partial charge in [-0.15, -0.1) is 0 Å². The summed E-state index contributed by atoms with van der Waals surface area (Å²) in [6.07, 6.45) is 0. The highest BCUT2D eigenvalue weighted by Gasteiger charge is 2.17. The quantitative estimate of drug-likeness (QED) is 0.417. The summed E-state index contributed by atoms with van der Waals surface area (Å²) >= 11 is 6.21. The molecule has 3 aromatic carbocycles. The SMILES string of the molecule is CCOc1ccc(NS(=O)(=O)c2ccc(OCC(=O)NCc3ccc4c(c3)OCO4)c(Cl)c2)cc1. The number of nitrogens with one attached hydrogen (secondary N) is 2. The van der Waals surface area contributed by atoms with E-state index in [9.17, 15) is 13.2 Å². The Morgan fingerprint density at radius 1 is 1.00 bits per heavy atom. The van der Waals surface area contributed by atoms with Crippen LogP contribution in [0.5, 0.6) is 23.0 Å². The zero-order chi connectivity index (χ0) is 24.8. The standard InChI is InChI=1S/C24H23ClN2O7S/c1-2-31-18-6-4-17(5-7-18)27-35(29,30)19-8-10-21(20(25)12-19)32-14-24(28)26-13-16-3-9-22-23(11-16)34-15-33-22/h3-12,27H,2,13-15H2,1H3,(H,26,28). The van der Waals surface area contributed by atoms with Crippen LogP contribution in [0.25, 0.3) is 0 Å². The maximum Gasteiger partial charge on any atom is 0.261 e.